The lowest BCUT2D eigenvalue weighted by Crippen LogP contribution is -2.07. The van der Waals surface area contributed by atoms with Crippen LogP contribution in [0.3, 0.4) is 0 Å². The van der Waals surface area contributed by atoms with Crippen molar-refractivity contribution in [3.05, 3.63) is 12.4 Å². The summed E-state index contributed by atoms with van der Waals surface area (Å²) < 4.78 is 12.8. The van der Waals surface area contributed by atoms with Gasteiger partial charge in [-0.2, -0.15) is 5.10 Å². The van der Waals surface area contributed by atoms with Crippen molar-refractivity contribution in [1.82, 2.24) is 9.78 Å². The molecule has 1 heterocycles. The van der Waals surface area contributed by atoms with Crippen molar-refractivity contribution >= 4 is 0 Å². The van der Waals surface area contributed by atoms with Crippen LogP contribution in [0.2, 0.25) is 0 Å². The molecule has 1 aromatic heterocycles. The second-order valence-corrected chi connectivity index (χ2v) is 4.06. The van der Waals surface area contributed by atoms with E-state index < -0.39 is 0 Å². The van der Waals surface area contributed by atoms with Crippen molar-refractivity contribution in [1.29, 1.82) is 0 Å². The molecular weight excluding hydrogens is 204 g/mol. The molecule has 16 heavy (non-hydrogen) atoms. The van der Waals surface area contributed by atoms with E-state index in [4.69, 9.17) is 9.47 Å². The SMILES string of the molecule is CCCCOCCOc1cnn(C(C)C)c1. The minimum Gasteiger partial charge on any atom is -0.488 e. The quantitative estimate of drug-likeness (QED) is 0.639. The van der Waals surface area contributed by atoms with Gasteiger partial charge in [-0.05, 0) is 20.3 Å². The highest BCUT2D eigenvalue weighted by Crippen LogP contribution is 2.11. The molecule has 4 heteroatoms. The number of unbranched alkanes of at least 4 members (excludes halogenated alkanes) is 1. The Kier molecular flexibility index (Phi) is 5.93. The van der Waals surface area contributed by atoms with Crippen molar-refractivity contribution in [2.24, 2.45) is 0 Å². The number of rotatable bonds is 8. The van der Waals surface area contributed by atoms with Gasteiger partial charge in [-0.25, -0.2) is 0 Å². The van der Waals surface area contributed by atoms with Gasteiger partial charge in [0.05, 0.1) is 19.0 Å². The van der Waals surface area contributed by atoms with Crippen molar-refractivity contribution in [3.8, 4) is 5.75 Å². The van der Waals surface area contributed by atoms with Crippen LogP contribution in [0.4, 0.5) is 0 Å². The van der Waals surface area contributed by atoms with E-state index in [2.05, 4.69) is 25.9 Å². The van der Waals surface area contributed by atoms with Gasteiger partial charge in [0.15, 0.2) is 5.75 Å². The van der Waals surface area contributed by atoms with Crippen LogP contribution >= 0.6 is 0 Å². The predicted octanol–water partition coefficient (Wildman–Crippen LogP) is 2.66. The van der Waals surface area contributed by atoms with Crippen LogP contribution in [0.1, 0.15) is 39.7 Å². The predicted molar refractivity (Wildman–Crippen MR) is 63.8 cm³/mol. The summed E-state index contributed by atoms with van der Waals surface area (Å²) in [7, 11) is 0. The highest BCUT2D eigenvalue weighted by molar-refractivity contribution is 5.11. The second kappa shape index (κ2) is 7.28. The number of hydrogen-bond donors (Lipinski definition) is 0. The molecule has 0 atom stereocenters. The molecule has 0 aliphatic heterocycles. The van der Waals surface area contributed by atoms with Crippen molar-refractivity contribution in [2.45, 2.75) is 39.7 Å². The van der Waals surface area contributed by atoms with Crippen LogP contribution in [0.5, 0.6) is 5.75 Å². The van der Waals surface area contributed by atoms with Crippen molar-refractivity contribution < 1.29 is 9.47 Å². The third-order valence-corrected chi connectivity index (χ3v) is 2.25. The summed E-state index contributed by atoms with van der Waals surface area (Å²) in [6.45, 7) is 8.39. The summed E-state index contributed by atoms with van der Waals surface area (Å²) in [5.74, 6) is 0.813. The molecule has 0 N–H and O–H groups in total. The number of aromatic nitrogens is 2. The highest BCUT2D eigenvalue weighted by Gasteiger charge is 2.01. The molecule has 1 aromatic rings. The average Bonchev–Trinajstić information content (AvgIpc) is 2.72. The van der Waals surface area contributed by atoms with Gasteiger partial charge < -0.3 is 9.47 Å². The van der Waals surface area contributed by atoms with Crippen molar-refractivity contribution in [2.75, 3.05) is 19.8 Å². The largest absolute Gasteiger partial charge is 0.488 e. The Morgan fingerprint density at radius 1 is 1.31 bits per heavy atom. The lowest BCUT2D eigenvalue weighted by molar-refractivity contribution is 0.0980. The zero-order valence-corrected chi connectivity index (χ0v) is 10.5. The second-order valence-electron chi connectivity index (χ2n) is 4.06. The minimum absolute atomic E-state index is 0.373. The molecular formula is C12H22N2O2. The van der Waals surface area contributed by atoms with E-state index in [1.165, 1.54) is 6.42 Å². The van der Waals surface area contributed by atoms with E-state index in [9.17, 15) is 0 Å². The Morgan fingerprint density at radius 2 is 2.12 bits per heavy atom. The lowest BCUT2D eigenvalue weighted by Gasteiger charge is -2.05. The van der Waals surface area contributed by atoms with Gasteiger partial charge in [0.25, 0.3) is 0 Å². The first-order valence-electron chi connectivity index (χ1n) is 5.98. The van der Waals surface area contributed by atoms with Gasteiger partial charge in [0.1, 0.15) is 6.61 Å². The summed E-state index contributed by atoms with van der Waals surface area (Å²) in [6.07, 6.45) is 5.94. The molecule has 0 saturated carbocycles. The van der Waals surface area contributed by atoms with Gasteiger partial charge in [0, 0.05) is 12.6 Å². The summed E-state index contributed by atoms with van der Waals surface area (Å²) in [5.41, 5.74) is 0. The van der Waals surface area contributed by atoms with Crippen LogP contribution in [-0.4, -0.2) is 29.6 Å². The van der Waals surface area contributed by atoms with Gasteiger partial charge >= 0.3 is 0 Å². The van der Waals surface area contributed by atoms with Crippen LogP contribution < -0.4 is 4.74 Å². The number of nitrogens with zero attached hydrogens (tertiary/aromatic N) is 2. The molecule has 0 amide bonds. The van der Waals surface area contributed by atoms with Gasteiger partial charge in [-0.3, -0.25) is 4.68 Å². The molecule has 0 saturated heterocycles. The fourth-order valence-electron chi connectivity index (χ4n) is 1.24. The molecule has 4 nitrogen and oxygen atoms in total. The highest BCUT2D eigenvalue weighted by atomic mass is 16.5. The minimum atomic E-state index is 0.373. The molecule has 92 valence electrons. The third-order valence-electron chi connectivity index (χ3n) is 2.25. The van der Waals surface area contributed by atoms with Crippen LogP contribution in [0.15, 0.2) is 12.4 Å². The summed E-state index contributed by atoms with van der Waals surface area (Å²) in [4.78, 5) is 0. The maximum atomic E-state index is 5.51. The molecule has 0 aliphatic rings. The Bertz CT molecular complexity index is 284. The standard InChI is InChI=1S/C12H22N2O2/c1-4-5-6-15-7-8-16-12-9-13-14(10-12)11(2)3/h9-11H,4-8H2,1-3H3. The molecule has 0 fully saturated rings. The zero-order valence-electron chi connectivity index (χ0n) is 10.5. The molecule has 0 aromatic carbocycles. The molecule has 0 unspecified atom stereocenters. The monoisotopic (exact) mass is 226 g/mol. The molecule has 0 radical (unpaired) electrons. The van der Waals surface area contributed by atoms with E-state index in [-0.39, 0.29) is 0 Å². The van der Waals surface area contributed by atoms with E-state index >= 15 is 0 Å². The normalized spacial score (nSPS) is 11.0. The smallest absolute Gasteiger partial charge is 0.157 e. The Balaban J connectivity index is 2.12. The van der Waals surface area contributed by atoms with Crippen LogP contribution in [0, 0.1) is 0 Å². The van der Waals surface area contributed by atoms with Gasteiger partial charge in [-0.1, -0.05) is 13.3 Å². The van der Waals surface area contributed by atoms with Gasteiger partial charge in [0.2, 0.25) is 0 Å². The fourth-order valence-corrected chi connectivity index (χ4v) is 1.24. The first-order valence-corrected chi connectivity index (χ1v) is 5.98. The molecule has 0 spiro atoms. The van der Waals surface area contributed by atoms with E-state index in [1.807, 2.05) is 10.9 Å². The maximum absolute atomic E-state index is 5.51. The fraction of sp³-hybridized carbons (Fsp3) is 0.750. The first kappa shape index (κ1) is 13.0. The van der Waals surface area contributed by atoms with E-state index in [0.717, 1.165) is 18.8 Å². The van der Waals surface area contributed by atoms with Crippen molar-refractivity contribution in [3.63, 3.8) is 0 Å². The van der Waals surface area contributed by atoms with Crippen LogP contribution in [0.25, 0.3) is 0 Å². The average molecular weight is 226 g/mol. The third kappa shape index (κ3) is 4.66. The maximum Gasteiger partial charge on any atom is 0.157 e. The summed E-state index contributed by atoms with van der Waals surface area (Å²) in [5, 5.41) is 4.19. The van der Waals surface area contributed by atoms with Gasteiger partial charge in [-0.15, -0.1) is 0 Å². The number of ether oxygens (including phenoxy) is 2. The summed E-state index contributed by atoms with van der Waals surface area (Å²) in [6, 6.07) is 0.373. The topological polar surface area (TPSA) is 36.3 Å². The Morgan fingerprint density at radius 3 is 2.75 bits per heavy atom. The Labute approximate surface area is 97.6 Å². The zero-order chi connectivity index (χ0) is 11.8. The number of hydrogen-bond acceptors (Lipinski definition) is 3. The lowest BCUT2D eigenvalue weighted by atomic mass is 10.4. The molecule has 0 bridgehead atoms. The molecule has 0 aliphatic carbocycles. The van der Waals surface area contributed by atoms with E-state index in [1.54, 1.807) is 6.20 Å². The summed E-state index contributed by atoms with van der Waals surface area (Å²) >= 11 is 0. The Hall–Kier alpha value is -1.03. The van der Waals surface area contributed by atoms with E-state index in [0.29, 0.717) is 19.3 Å². The van der Waals surface area contributed by atoms with Crippen LogP contribution in [-0.2, 0) is 4.74 Å². The first-order chi connectivity index (χ1) is 7.74. The molecule has 1 rings (SSSR count).